The van der Waals surface area contributed by atoms with Crippen molar-refractivity contribution < 1.29 is 18.7 Å². The van der Waals surface area contributed by atoms with Gasteiger partial charge in [0.2, 0.25) is 5.91 Å². The Labute approximate surface area is 241 Å². The van der Waals surface area contributed by atoms with Crippen molar-refractivity contribution >= 4 is 29.2 Å². The fourth-order valence-corrected chi connectivity index (χ4v) is 5.19. The third-order valence-corrected chi connectivity index (χ3v) is 7.60. The molecule has 5 rings (SSSR count). The van der Waals surface area contributed by atoms with Crippen molar-refractivity contribution in [2.45, 2.75) is 38.6 Å². The molecule has 2 aromatic carbocycles. The van der Waals surface area contributed by atoms with Crippen LogP contribution in [0.25, 0.3) is 22.4 Å². The van der Waals surface area contributed by atoms with Crippen molar-refractivity contribution in [1.29, 1.82) is 0 Å². The number of nitrogens with zero attached hydrogens (tertiary/aromatic N) is 3. The van der Waals surface area contributed by atoms with Crippen LogP contribution >= 0.6 is 11.6 Å². The lowest BCUT2D eigenvalue weighted by Gasteiger charge is -2.23. The Morgan fingerprint density at radius 2 is 1.93 bits per heavy atom. The molecule has 2 atom stereocenters. The summed E-state index contributed by atoms with van der Waals surface area (Å²) in [5.74, 6) is -1.46. The van der Waals surface area contributed by atoms with Crippen LogP contribution in [0.4, 0.5) is 10.1 Å². The van der Waals surface area contributed by atoms with E-state index in [1.807, 2.05) is 31.2 Å². The number of aromatic nitrogens is 3. The van der Waals surface area contributed by atoms with Gasteiger partial charge in [-0.25, -0.2) is 9.37 Å². The van der Waals surface area contributed by atoms with Gasteiger partial charge < -0.3 is 10.1 Å². The van der Waals surface area contributed by atoms with E-state index in [1.165, 1.54) is 36.2 Å². The molecular formula is C31H28ClFN4O4. The fourth-order valence-electron chi connectivity index (χ4n) is 5.02. The second-order valence-corrected chi connectivity index (χ2v) is 10.5. The minimum Gasteiger partial charge on any atom is -0.469 e. The van der Waals surface area contributed by atoms with Crippen LogP contribution in [-0.2, 0) is 20.7 Å². The minimum absolute atomic E-state index is 0.0512. The van der Waals surface area contributed by atoms with Gasteiger partial charge in [-0.05, 0) is 54.3 Å². The molecule has 41 heavy (non-hydrogen) atoms. The summed E-state index contributed by atoms with van der Waals surface area (Å²) in [7, 11) is 1.33. The number of fused-ring (bicyclic) bond motifs is 4. The van der Waals surface area contributed by atoms with E-state index >= 15 is 0 Å². The quantitative estimate of drug-likeness (QED) is 0.308. The van der Waals surface area contributed by atoms with Crippen LogP contribution in [0.5, 0.6) is 0 Å². The topological polar surface area (TPSA) is 103 Å². The molecule has 1 N–H and O–H groups in total. The first kappa shape index (κ1) is 28.2. The minimum atomic E-state index is -0.639. The lowest BCUT2D eigenvalue weighted by Crippen LogP contribution is -2.27. The Morgan fingerprint density at radius 3 is 2.71 bits per heavy atom. The number of carbonyl (C=O) groups is 2. The van der Waals surface area contributed by atoms with Gasteiger partial charge in [0.25, 0.3) is 5.56 Å². The van der Waals surface area contributed by atoms with Crippen molar-refractivity contribution in [2.75, 3.05) is 12.4 Å². The normalized spacial score (nSPS) is 17.0. The number of nitrogens with one attached hydrogen (secondary N) is 1. The summed E-state index contributed by atoms with van der Waals surface area (Å²) in [6.45, 7) is 1.85. The highest BCUT2D eigenvalue weighted by Crippen LogP contribution is 2.34. The molecule has 1 aliphatic rings. The van der Waals surface area contributed by atoms with Crippen molar-refractivity contribution in [1.82, 2.24) is 14.5 Å². The molecule has 2 bridgehead atoms. The number of benzene rings is 2. The highest BCUT2D eigenvalue weighted by molar-refractivity contribution is 6.31. The molecule has 10 heteroatoms. The molecule has 2 aromatic heterocycles. The molecule has 0 spiro atoms. The summed E-state index contributed by atoms with van der Waals surface area (Å²) >= 11 is 5.93. The molecule has 0 saturated heterocycles. The molecule has 8 nitrogen and oxygen atoms in total. The molecule has 1 aliphatic heterocycles. The molecule has 210 valence electrons. The van der Waals surface area contributed by atoms with Crippen LogP contribution in [-0.4, -0.2) is 33.5 Å². The first-order valence-electron chi connectivity index (χ1n) is 13.2. The van der Waals surface area contributed by atoms with Crippen molar-refractivity contribution in [3.8, 4) is 22.4 Å². The third-order valence-electron chi connectivity index (χ3n) is 7.31. The van der Waals surface area contributed by atoms with Crippen molar-refractivity contribution in [3.05, 3.63) is 99.6 Å². The molecular weight excluding hydrogens is 547 g/mol. The zero-order valence-corrected chi connectivity index (χ0v) is 23.3. The number of carbonyl (C=O) groups excluding carboxylic acids is 2. The summed E-state index contributed by atoms with van der Waals surface area (Å²) in [4.78, 5) is 47.4. The third kappa shape index (κ3) is 6.05. The standard InChI is InChI=1S/C31H28ClFN4O4/c1-18-5-3-8-27(37-17-35-24(16-28(37)38)22-6-4-7-23(32)30(22)33)26-15-20(11-12-34-26)21-10-9-19(14-29(39)41-2)13-25(21)36-31(18)40/h4,6-7,9-13,15-18,27H,3,5,8,14H2,1-2H3,(H,36,40)/t18-,27+/m1/s1. The van der Waals surface area contributed by atoms with Crippen LogP contribution in [0.2, 0.25) is 5.02 Å². The fraction of sp³-hybridized carbons (Fsp3) is 0.258. The first-order valence-corrected chi connectivity index (χ1v) is 13.6. The van der Waals surface area contributed by atoms with Gasteiger partial charge in [-0.1, -0.05) is 43.1 Å². The monoisotopic (exact) mass is 574 g/mol. The maximum Gasteiger partial charge on any atom is 0.309 e. The molecule has 0 radical (unpaired) electrons. The van der Waals surface area contributed by atoms with Crippen LogP contribution in [0, 0.1) is 11.7 Å². The van der Waals surface area contributed by atoms with Gasteiger partial charge in [0.1, 0.15) is 0 Å². The van der Waals surface area contributed by atoms with Gasteiger partial charge in [-0.2, -0.15) is 0 Å². The Balaban J connectivity index is 1.58. The molecule has 1 amide bonds. The van der Waals surface area contributed by atoms with Crippen LogP contribution in [0.15, 0.2) is 71.9 Å². The van der Waals surface area contributed by atoms with Crippen LogP contribution in [0.1, 0.15) is 43.5 Å². The van der Waals surface area contributed by atoms with Gasteiger partial charge in [0, 0.05) is 35.0 Å². The van der Waals surface area contributed by atoms with Crippen LogP contribution in [0.3, 0.4) is 0 Å². The Hall–Kier alpha value is -4.37. The van der Waals surface area contributed by atoms with Gasteiger partial charge in [-0.3, -0.25) is 23.9 Å². The van der Waals surface area contributed by atoms with E-state index < -0.39 is 11.9 Å². The first-order chi connectivity index (χ1) is 19.7. The van der Waals surface area contributed by atoms with Crippen molar-refractivity contribution in [3.63, 3.8) is 0 Å². The molecule has 0 fully saturated rings. The smallest absolute Gasteiger partial charge is 0.309 e. The van der Waals surface area contributed by atoms with Gasteiger partial charge in [0.05, 0.1) is 42.3 Å². The molecule has 3 heterocycles. The van der Waals surface area contributed by atoms with Gasteiger partial charge >= 0.3 is 5.97 Å². The Bertz CT molecular complexity index is 1690. The number of halogens is 2. The molecule has 4 aromatic rings. The summed E-state index contributed by atoms with van der Waals surface area (Å²) in [6.07, 6.45) is 4.89. The number of ether oxygens (including phenoxy) is 1. The van der Waals surface area contributed by atoms with E-state index in [2.05, 4.69) is 15.3 Å². The number of methoxy groups -OCH3 is 1. The van der Waals surface area contributed by atoms with Gasteiger partial charge in [-0.15, -0.1) is 0 Å². The van der Waals surface area contributed by atoms with Crippen LogP contribution < -0.4 is 10.9 Å². The number of hydrogen-bond acceptors (Lipinski definition) is 6. The summed E-state index contributed by atoms with van der Waals surface area (Å²) in [5.41, 5.74) is 3.42. The maximum absolute atomic E-state index is 14.6. The van der Waals surface area contributed by atoms with E-state index in [-0.39, 0.29) is 46.1 Å². The van der Waals surface area contributed by atoms with Crippen molar-refractivity contribution in [2.24, 2.45) is 5.92 Å². The largest absolute Gasteiger partial charge is 0.469 e. The lowest BCUT2D eigenvalue weighted by atomic mass is 9.94. The number of pyridine rings is 1. The average molecular weight is 575 g/mol. The zero-order chi connectivity index (χ0) is 29.1. The van der Waals surface area contributed by atoms with E-state index in [0.717, 1.165) is 11.1 Å². The lowest BCUT2D eigenvalue weighted by molar-refractivity contribution is -0.139. The Kier molecular flexibility index (Phi) is 8.26. The number of hydrogen-bond donors (Lipinski definition) is 1. The number of rotatable bonds is 4. The van der Waals surface area contributed by atoms with Gasteiger partial charge in [0.15, 0.2) is 5.82 Å². The van der Waals surface area contributed by atoms with E-state index in [1.54, 1.807) is 18.3 Å². The predicted molar refractivity (Wildman–Crippen MR) is 154 cm³/mol. The summed E-state index contributed by atoms with van der Waals surface area (Å²) < 4.78 is 20.9. The number of esters is 1. The highest BCUT2D eigenvalue weighted by atomic mass is 35.5. The van der Waals surface area contributed by atoms with E-state index in [4.69, 9.17) is 16.3 Å². The predicted octanol–water partition coefficient (Wildman–Crippen LogP) is 5.83. The Morgan fingerprint density at radius 1 is 1.10 bits per heavy atom. The number of amides is 1. The SMILES string of the molecule is COC(=O)Cc1ccc2c(c1)NC(=O)[C@H](C)CCC[C@H](n1cnc(-c3cccc(Cl)c3F)cc1=O)c1cc-2ccn1. The maximum atomic E-state index is 14.6. The average Bonchev–Trinajstić information content (AvgIpc) is 2.96. The summed E-state index contributed by atoms with van der Waals surface area (Å²) in [5, 5.41) is 2.98. The highest BCUT2D eigenvalue weighted by Gasteiger charge is 2.23. The zero-order valence-electron chi connectivity index (χ0n) is 22.6. The number of anilines is 1. The summed E-state index contributed by atoms with van der Waals surface area (Å²) in [6, 6.07) is 14.5. The van der Waals surface area contributed by atoms with E-state index in [0.29, 0.717) is 36.2 Å². The van der Waals surface area contributed by atoms with E-state index in [9.17, 15) is 18.8 Å². The molecule has 0 aliphatic carbocycles. The molecule has 0 unspecified atom stereocenters. The second-order valence-electron chi connectivity index (χ2n) is 10.1. The molecule has 0 saturated carbocycles. The second kappa shape index (κ2) is 12.0.